The molecular weight excluding hydrogens is 588 g/mol. The molecule has 0 aromatic carbocycles. The molecule has 5 heterocycles. The predicted molar refractivity (Wildman–Crippen MR) is 155 cm³/mol. The second-order valence-electron chi connectivity index (χ2n) is 10.8. The van der Waals surface area contributed by atoms with E-state index in [4.69, 9.17) is 5.11 Å². The number of nitrogens with zero attached hydrogens (tertiary/aromatic N) is 7. The Morgan fingerprint density at radius 1 is 1.16 bits per heavy atom. The number of carboxylic acids is 1. The zero-order valence-corrected chi connectivity index (χ0v) is 24.8. The van der Waals surface area contributed by atoms with Crippen LogP contribution < -0.4 is 10.2 Å². The Labute approximate surface area is 250 Å². The highest BCUT2D eigenvalue weighted by atomic mass is 32.1. The molecule has 0 amide bonds. The summed E-state index contributed by atoms with van der Waals surface area (Å²) in [6, 6.07) is 1.45. The van der Waals surface area contributed by atoms with Gasteiger partial charge in [0.15, 0.2) is 16.8 Å². The zero-order valence-electron chi connectivity index (χ0n) is 24.0. The van der Waals surface area contributed by atoms with Crippen molar-refractivity contribution in [1.29, 1.82) is 0 Å². The maximum Gasteiger partial charge on any atom is 0.418 e. The minimum atomic E-state index is -4.56. The molecule has 0 aliphatic carbocycles. The lowest BCUT2D eigenvalue weighted by atomic mass is 10.1. The first-order chi connectivity index (χ1) is 20.5. The number of aromatic nitrogens is 4. The molecule has 2 saturated heterocycles. The topological polar surface area (TPSA) is 111 Å². The van der Waals surface area contributed by atoms with Gasteiger partial charge in [-0.1, -0.05) is 18.3 Å². The second kappa shape index (κ2) is 13.1. The fourth-order valence-corrected chi connectivity index (χ4v) is 6.65. The third kappa shape index (κ3) is 7.21. The molecule has 2 aliphatic heterocycles. The Morgan fingerprint density at radius 3 is 2.63 bits per heavy atom. The molecule has 15 heteroatoms. The quantitative estimate of drug-likeness (QED) is 0.294. The highest BCUT2D eigenvalue weighted by Crippen LogP contribution is 2.39. The summed E-state index contributed by atoms with van der Waals surface area (Å²) in [6.45, 7) is 7.32. The lowest BCUT2D eigenvalue weighted by molar-refractivity contribution is -0.138. The number of carbonyl (C=O) groups is 1. The normalized spacial score (nSPS) is 18.4. The number of pyridine rings is 1. The Morgan fingerprint density at radius 2 is 1.93 bits per heavy atom. The lowest BCUT2D eigenvalue weighted by Gasteiger charge is -2.35. The highest BCUT2D eigenvalue weighted by molar-refractivity contribution is 7.16. The second-order valence-corrected chi connectivity index (χ2v) is 11.9. The molecule has 0 spiro atoms. The van der Waals surface area contributed by atoms with Gasteiger partial charge < -0.3 is 15.3 Å². The van der Waals surface area contributed by atoms with Crippen LogP contribution in [0.1, 0.15) is 48.7 Å². The van der Waals surface area contributed by atoms with Gasteiger partial charge in [0.2, 0.25) is 5.82 Å². The van der Waals surface area contributed by atoms with E-state index in [2.05, 4.69) is 37.1 Å². The number of hydrogen-bond acceptors (Lipinski definition) is 10. The Hall–Kier alpha value is -3.43. The largest absolute Gasteiger partial charge is 0.481 e. The molecule has 232 valence electrons. The number of alkyl halides is 3. The van der Waals surface area contributed by atoms with Crippen molar-refractivity contribution >= 4 is 34.1 Å². The molecule has 0 radical (unpaired) electrons. The van der Waals surface area contributed by atoms with E-state index < -0.39 is 23.5 Å². The first-order valence-corrected chi connectivity index (χ1v) is 15.1. The maximum absolute atomic E-state index is 15.7. The number of piperazine rings is 1. The van der Waals surface area contributed by atoms with Crippen molar-refractivity contribution < 1.29 is 27.5 Å². The fraction of sp³-hybridized carbons (Fsp3) is 0.536. The van der Waals surface area contributed by atoms with Gasteiger partial charge in [-0.25, -0.2) is 15.0 Å². The summed E-state index contributed by atoms with van der Waals surface area (Å²) < 4.78 is 56.9. The standard InChI is InChI=1S/C28H34F4N8O2S/c1-3-19-5-4-7-40(19)15-21-24(18-13-20(28(30,31)32)17(2)33-14-18)36-27(43-21)37-25-23(29)26(35-16-34-25)39-11-9-38(10-12-39)8-6-22(41)42/h13-14,16,19H,3-12,15H2,1-2H3,(H,41,42)(H,34,35,36,37)/t19-/m1/s1. The lowest BCUT2D eigenvalue weighted by Crippen LogP contribution is -2.47. The summed E-state index contributed by atoms with van der Waals surface area (Å²) in [5.74, 6) is -1.50. The van der Waals surface area contributed by atoms with Crippen molar-refractivity contribution in [3.8, 4) is 11.3 Å². The van der Waals surface area contributed by atoms with Gasteiger partial charge in [-0.15, -0.1) is 0 Å². The van der Waals surface area contributed by atoms with Crippen LogP contribution in [0.25, 0.3) is 11.3 Å². The van der Waals surface area contributed by atoms with Gasteiger partial charge in [0, 0.05) is 67.6 Å². The first kappa shape index (κ1) is 31.0. The zero-order chi connectivity index (χ0) is 30.7. The Bertz CT molecular complexity index is 1440. The van der Waals surface area contributed by atoms with Crippen LogP contribution in [0.5, 0.6) is 0 Å². The summed E-state index contributed by atoms with van der Waals surface area (Å²) >= 11 is 1.26. The molecule has 0 bridgehead atoms. The van der Waals surface area contributed by atoms with E-state index in [9.17, 15) is 18.0 Å². The van der Waals surface area contributed by atoms with Gasteiger partial charge in [-0.3, -0.25) is 19.6 Å². The average molecular weight is 623 g/mol. The van der Waals surface area contributed by atoms with E-state index in [1.807, 2.05) is 4.90 Å². The van der Waals surface area contributed by atoms with Crippen molar-refractivity contribution in [3.05, 3.63) is 40.5 Å². The van der Waals surface area contributed by atoms with E-state index in [0.717, 1.165) is 36.8 Å². The number of aryl methyl sites for hydroxylation is 1. The molecular formula is C28H34F4N8O2S. The van der Waals surface area contributed by atoms with Gasteiger partial charge in [0.05, 0.1) is 17.7 Å². The number of aliphatic carboxylic acids is 1. The van der Waals surface area contributed by atoms with E-state index >= 15 is 4.39 Å². The molecule has 2 fully saturated rings. The smallest absolute Gasteiger partial charge is 0.418 e. The molecule has 2 aliphatic rings. The number of rotatable bonds is 10. The Balaban J connectivity index is 1.41. The number of carboxylic acid groups (broad SMARTS) is 1. The fourth-order valence-electron chi connectivity index (χ4n) is 5.64. The van der Waals surface area contributed by atoms with Crippen molar-refractivity contribution in [2.45, 2.75) is 58.3 Å². The first-order valence-electron chi connectivity index (χ1n) is 14.3. The maximum atomic E-state index is 15.7. The predicted octanol–water partition coefficient (Wildman–Crippen LogP) is 5.18. The highest BCUT2D eigenvalue weighted by Gasteiger charge is 2.34. The third-order valence-corrected chi connectivity index (χ3v) is 8.95. The SMILES string of the molecule is CC[C@@H]1CCCN1Cc1sc(Nc2ncnc(N3CCN(CCC(=O)O)CC3)c2F)nc1-c1cnc(C)c(C(F)(F)F)c1. The van der Waals surface area contributed by atoms with Crippen molar-refractivity contribution in [2.24, 2.45) is 0 Å². The van der Waals surface area contributed by atoms with E-state index in [1.165, 1.54) is 30.8 Å². The number of hydrogen-bond donors (Lipinski definition) is 2. The molecule has 3 aromatic rings. The average Bonchev–Trinajstić information content (AvgIpc) is 3.59. The number of anilines is 3. The van der Waals surface area contributed by atoms with Crippen LogP contribution in [0.4, 0.5) is 34.3 Å². The van der Waals surface area contributed by atoms with Gasteiger partial charge in [-0.2, -0.15) is 17.6 Å². The number of nitrogens with one attached hydrogen (secondary N) is 1. The molecule has 43 heavy (non-hydrogen) atoms. The molecule has 3 aromatic heterocycles. The van der Waals surface area contributed by atoms with Crippen molar-refractivity contribution in [3.63, 3.8) is 0 Å². The van der Waals surface area contributed by atoms with E-state index in [-0.39, 0.29) is 29.3 Å². The number of halogens is 4. The van der Waals surface area contributed by atoms with Crippen LogP contribution in [-0.4, -0.2) is 86.1 Å². The molecule has 10 nitrogen and oxygen atoms in total. The molecule has 0 unspecified atom stereocenters. The molecule has 1 atom stereocenters. The van der Waals surface area contributed by atoms with Gasteiger partial charge in [0.1, 0.15) is 6.33 Å². The van der Waals surface area contributed by atoms with Crippen LogP contribution in [0.3, 0.4) is 0 Å². The van der Waals surface area contributed by atoms with Crippen LogP contribution in [0.2, 0.25) is 0 Å². The number of thiazole rings is 1. The van der Waals surface area contributed by atoms with Gasteiger partial charge in [-0.05, 0) is 38.8 Å². The van der Waals surface area contributed by atoms with Gasteiger partial charge >= 0.3 is 12.1 Å². The monoisotopic (exact) mass is 622 g/mol. The molecule has 5 rings (SSSR count). The van der Waals surface area contributed by atoms with Crippen LogP contribution in [0.15, 0.2) is 18.6 Å². The third-order valence-electron chi connectivity index (χ3n) is 7.99. The molecule has 0 saturated carbocycles. The minimum Gasteiger partial charge on any atom is -0.481 e. The summed E-state index contributed by atoms with van der Waals surface area (Å²) in [6.07, 6.45) is 1.20. The van der Waals surface area contributed by atoms with E-state index in [1.54, 1.807) is 4.90 Å². The number of likely N-dealkylation sites (tertiary alicyclic amines) is 1. The summed E-state index contributed by atoms with van der Waals surface area (Å²) in [5, 5.41) is 12.2. The van der Waals surface area contributed by atoms with Crippen LogP contribution >= 0.6 is 11.3 Å². The van der Waals surface area contributed by atoms with E-state index in [0.29, 0.717) is 56.1 Å². The van der Waals surface area contributed by atoms with Crippen molar-refractivity contribution in [1.82, 2.24) is 29.7 Å². The summed E-state index contributed by atoms with van der Waals surface area (Å²) in [5.41, 5.74) is -0.315. The van der Waals surface area contributed by atoms with Gasteiger partial charge in [0.25, 0.3) is 0 Å². The summed E-state index contributed by atoms with van der Waals surface area (Å²) in [7, 11) is 0. The van der Waals surface area contributed by atoms with Crippen molar-refractivity contribution in [2.75, 3.05) is 49.5 Å². The van der Waals surface area contributed by atoms with Crippen LogP contribution in [0, 0.1) is 12.7 Å². The minimum absolute atomic E-state index is 0.0424. The summed E-state index contributed by atoms with van der Waals surface area (Å²) in [4.78, 5) is 34.6. The molecule has 2 N–H and O–H groups in total. The van der Waals surface area contributed by atoms with Crippen LogP contribution in [-0.2, 0) is 17.5 Å². The Kier molecular flexibility index (Phi) is 9.42.